The Morgan fingerprint density at radius 3 is 2.64 bits per heavy atom. The summed E-state index contributed by atoms with van der Waals surface area (Å²) in [6, 6.07) is 6.30. The molecule has 2 atom stereocenters. The van der Waals surface area contributed by atoms with Crippen LogP contribution in [0.3, 0.4) is 0 Å². The molecule has 2 aliphatic heterocycles. The number of fused-ring (bicyclic) bond motifs is 1. The quantitative estimate of drug-likeness (QED) is 0.236. The van der Waals surface area contributed by atoms with Gasteiger partial charge in [0.1, 0.15) is 29.6 Å². The Morgan fingerprint density at radius 2 is 2.00 bits per heavy atom. The minimum Gasteiger partial charge on any atom is -0.482 e. The van der Waals surface area contributed by atoms with Gasteiger partial charge in [-0.15, -0.1) is 0 Å². The number of nitrogens with one attached hydrogen (secondary N) is 2. The van der Waals surface area contributed by atoms with Crippen LogP contribution in [0.5, 0.6) is 5.75 Å². The van der Waals surface area contributed by atoms with Crippen LogP contribution in [0.25, 0.3) is 11.1 Å². The Balaban J connectivity index is 1.34. The van der Waals surface area contributed by atoms with Crippen molar-refractivity contribution in [3.05, 3.63) is 59.1 Å². The number of rotatable bonds is 9. The maximum absolute atomic E-state index is 15.5. The van der Waals surface area contributed by atoms with Gasteiger partial charge in [-0.05, 0) is 36.5 Å². The standard InChI is InChI=1S/C33H34F4N8O2/c1-18(2)7-26-22(11-38)31(19-3-4-27-28(8-19)47-17-30(46)45(27)16-29-40-13-20(34)14-41-29)23(12-39)32(43-26)42-25-5-6-44(15-24(25)35)21-9-33(36,37)10-21/h3-4,8,12-14,18,21,24-25,39H,5-7,9-10,15-17H2,1-2H3,(H,42,43)/t24?,25-/m0/s1. The molecule has 246 valence electrons. The number of piperidine rings is 1. The second-order valence-electron chi connectivity index (χ2n) is 12.7. The van der Waals surface area contributed by atoms with E-state index in [0.717, 1.165) is 18.6 Å². The Morgan fingerprint density at radius 1 is 1.26 bits per heavy atom. The summed E-state index contributed by atoms with van der Waals surface area (Å²) >= 11 is 0. The first-order chi connectivity index (χ1) is 22.5. The molecule has 14 heteroatoms. The second kappa shape index (κ2) is 12.9. The van der Waals surface area contributed by atoms with E-state index >= 15 is 4.39 Å². The number of hydrogen-bond acceptors (Lipinski definition) is 9. The fraction of sp³-hybridized carbons (Fsp3) is 0.455. The van der Waals surface area contributed by atoms with Crippen LogP contribution in [-0.2, 0) is 17.8 Å². The van der Waals surface area contributed by atoms with E-state index in [2.05, 4.69) is 21.4 Å². The maximum Gasteiger partial charge on any atom is 0.265 e. The van der Waals surface area contributed by atoms with Crippen molar-refractivity contribution in [3.8, 4) is 22.9 Å². The first-order valence-corrected chi connectivity index (χ1v) is 15.5. The summed E-state index contributed by atoms with van der Waals surface area (Å²) in [5.41, 5.74) is 2.41. The van der Waals surface area contributed by atoms with Crippen molar-refractivity contribution in [3.63, 3.8) is 0 Å². The largest absolute Gasteiger partial charge is 0.482 e. The molecule has 2 N–H and O–H groups in total. The number of anilines is 2. The van der Waals surface area contributed by atoms with Gasteiger partial charge in [-0.1, -0.05) is 19.9 Å². The van der Waals surface area contributed by atoms with Gasteiger partial charge in [0.05, 0.1) is 41.9 Å². The third-order valence-corrected chi connectivity index (χ3v) is 8.81. The van der Waals surface area contributed by atoms with E-state index in [1.165, 1.54) is 4.90 Å². The molecule has 1 saturated carbocycles. The zero-order valence-corrected chi connectivity index (χ0v) is 25.9. The molecule has 1 amide bonds. The molecular weight excluding hydrogens is 616 g/mol. The predicted octanol–water partition coefficient (Wildman–Crippen LogP) is 5.29. The van der Waals surface area contributed by atoms with Crippen molar-refractivity contribution in [1.82, 2.24) is 19.9 Å². The van der Waals surface area contributed by atoms with Crippen molar-refractivity contribution in [2.75, 3.05) is 29.9 Å². The van der Waals surface area contributed by atoms with Gasteiger partial charge >= 0.3 is 0 Å². The number of carbonyl (C=O) groups is 1. The van der Waals surface area contributed by atoms with Crippen LogP contribution in [0.2, 0.25) is 0 Å². The molecule has 1 aromatic carbocycles. The smallest absolute Gasteiger partial charge is 0.265 e. The summed E-state index contributed by atoms with van der Waals surface area (Å²) in [6.07, 6.45) is 2.03. The minimum absolute atomic E-state index is 0.0146. The Bertz CT molecular complexity index is 1720. The normalized spacial score (nSPS) is 21.1. The molecule has 1 aliphatic carbocycles. The third kappa shape index (κ3) is 6.62. The number of nitriles is 1. The lowest BCUT2D eigenvalue weighted by Gasteiger charge is -2.46. The van der Waals surface area contributed by atoms with Crippen LogP contribution < -0.4 is 15.0 Å². The highest BCUT2D eigenvalue weighted by atomic mass is 19.3. The van der Waals surface area contributed by atoms with Crippen molar-refractivity contribution in [2.24, 2.45) is 5.92 Å². The SMILES string of the molecule is CC(C)Cc1nc(N[C@H]2CCN(C3CC(F)(F)C3)CC2F)c(C=N)c(-c2ccc3c(c2)OCC(=O)N3Cc2ncc(F)cn2)c1C#N. The number of ether oxygens (including phenoxy) is 1. The first-order valence-electron chi connectivity index (χ1n) is 15.5. The van der Waals surface area contributed by atoms with E-state index in [4.69, 9.17) is 15.1 Å². The highest BCUT2D eigenvalue weighted by molar-refractivity contribution is 6.00. The Hall–Kier alpha value is -4.64. The number of alkyl halides is 3. The molecule has 1 saturated heterocycles. The fourth-order valence-corrected chi connectivity index (χ4v) is 6.44. The van der Waals surface area contributed by atoms with Gasteiger partial charge in [0.2, 0.25) is 0 Å². The molecular formula is C33H34F4N8O2. The number of hydrogen-bond donors (Lipinski definition) is 2. The number of halogens is 4. The number of benzene rings is 1. The van der Waals surface area contributed by atoms with E-state index in [1.54, 1.807) is 23.1 Å². The van der Waals surface area contributed by atoms with Crippen LogP contribution >= 0.6 is 0 Å². The summed E-state index contributed by atoms with van der Waals surface area (Å²) in [5.74, 6) is -2.67. The van der Waals surface area contributed by atoms with Gasteiger partial charge in [0, 0.05) is 49.3 Å². The predicted molar refractivity (Wildman–Crippen MR) is 166 cm³/mol. The molecule has 0 radical (unpaired) electrons. The van der Waals surface area contributed by atoms with E-state index in [-0.39, 0.29) is 73.2 Å². The van der Waals surface area contributed by atoms with E-state index in [1.807, 2.05) is 13.8 Å². The molecule has 3 aliphatic rings. The number of likely N-dealkylation sites (tertiary alicyclic amines) is 1. The minimum atomic E-state index is -2.69. The molecule has 47 heavy (non-hydrogen) atoms. The maximum atomic E-state index is 15.5. The zero-order chi connectivity index (χ0) is 33.5. The molecule has 1 unspecified atom stereocenters. The van der Waals surface area contributed by atoms with Crippen molar-refractivity contribution < 1.29 is 27.1 Å². The Labute approximate surface area is 269 Å². The van der Waals surface area contributed by atoms with Crippen molar-refractivity contribution >= 4 is 23.6 Å². The molecule has 3 aromatic rings. The molecule has 6 rings (SSSR count). The highest BCUT2D eigenvalue weighted by Crippen LogP contribution is 2.43. The molecule has 2 aromatic heterocycles. The average molecular weight is 651 g/mol. The summed E-state index contributed by atoms with van der Waals surface area (Å²) in [6.45, 7) is 4.15. The van der Waals surface area contributed by atoms with Gasteiger partial charge in [-0.2, -0.15) is 5.26 Å². The fourth-order valence-electron chi connectivity index (χ4n) is 6.44. The summed E-state index contributed by atoms with van der Waals surface area (Å²) in [4.78, 5) is 28.7. The third-order valence-electron chi connectivity index (χ3n) is 8.81. The summed E-state index contributed by atoms with van der Waals surface area (Å²) in [7, 11) is 0. The number of pyridine rings is 1. The van der Waals surface area contributed by atoms with Gasteiger partial charge < -0.3 is 15.5 Å². The number of amides is 1. The molecule has 4 heterocycles. The Kier molecular flexibility index (Phi) is 8.84. The monoisotopic (exact) mass is 650 g/mol. The van der Waals surface area contributed by atoms with Crippen molar-refractivity contribution in [1.29, 1.82) is 10.7 Å². The number of aromatic nitrogens is 3. The van der Waals surface area contributed by atoms with Crippen LogP contribution in [0.15, 0.2) is 30.6 Å². The average Bonchev–Trinajstić information content (AvgIpc) is 3.02. The lowest BCUT2D eigenvalue weighted by atomic mass is 9.85. The van der Waals surface area contributed by atoms with Gasteiger partial charge in [0.25, 0.3) is 11.8 Å². The van der Waals surface area contributed by atoms with E-state index < -0.39 is 24.0 Å². The van der Waals surface area contributed by atoms with Crippen LogP contribution in [0, 0.1) is 28.5 Å². The van der Waals surface area contributed by atoms with Crippen molar-refractivity contribution in [2.45, 2.75) is 70.3 Å². The lowest BCUT2D eigenvalue weighted by molar-refractivity contribution is -0.131. The van der Waals surface area contributed by atoms with Crippen LogP contribution in [-0.4, -0.2) is 75.8 Å². The second-order valence-corrected chi connectivity index (χ2v) is 12.7. The molecule has 0 spiro atoms. The van der Waals surface area contributed by atoms with Gasteiger partial charge in [-0.3, -0.25) is 14.6 Å². The van der Waals surface area contributed by atoms with E-state index in [9.17, 15) is 23.2 Å². The summed E-state index contributed by atoms with van der Waals surface area (Å²) in [5, 5.41) is 21.9. The van der Waals surface area contributed by atoms with Gasteiger partial charge in [0.15, 0.2) is 12.4 Å². The summed E-state index contributed by atoms with van der Waals surface area (Å²) < 4.78 is 61.6. The number of nitrogens with zero attached hydrogens (tertiary/aromatic N) is 6. The topological polar surface area (TPSA) is 131 Å². The molecule has 10 nitrogen and oxygen atoms in total. The highest BCUT2D eigenvalue weighted by Gasteiger charge is 2.49. The van der Waals surface area contributed by atoms with Crippen LogP contribution in [0.1, 0.15) is 55.8 Å². The lowest BCUT2D eigenvalue weighted by Crippen LogP contribution is -2.57. The molecule has 2 fully saturated rings. The van der Waals surface area contributed by atoms with Gasteiger partial charge in [-0.25, -0.2) is 32.5 Å². The van der Waals surface area contributed by atoms with E-state index in [0.29, 0.717) is 47.6 Å². The van der Waals surface area contributed by atoms with Crippen LogP contribution in [0.4, 0.5) is 29.1 Å². The molecule has 0 bridgehead atoms. The first kappa shape index (κ1) is 32.3. The zero-order valence-electron chi connectivity index (χ0n) is 25.9. The number of carbonyl (C=O) groups excluding carboxylic acids is 1.